The summed E-state index contributed by atoms with van der Waals surface area (Å²) in [5, 5.41) is 10.6. The lowest BCUT2D eigenvalue weighted by Crippen LogP contribution is -2.05. The largest absolute Gasteiger partial charge is 0.383 e. The van der Waals surface area contributed by atoms with E-state index in [1.807, 2.05) is 0 Å². The van der Waals surface area contributed by atoms with E-state index in [9.17, 15) is 14.9 Å². The van der Waals surface area contributed by atoms with Crippen molar-refractivity contribution in [1.82, 2.24) is 4.98 Å². The Labute approximate surface area is 97.3 Å². The third-order valence-corrected chi connectivity index (χ3v) is 2.67. The molecule has 0 atom stereocenters. The molecule has 0 aliphatic heterocycles. The van der Waals surface area contributed by atoms with Gasteiger partial charge in [0.15, 0.2) is 5.78 Å². The van der Waals surface area contributed by atoms with Crippen molar-refractivity contribution in [2.24, 2.45) is 0 Å². The van der Waals surface area contributed by atoms with E-state index in [0.29, 0.717) is 18.4 Å². The number of nitrogens with zero attached hydrogens (tertiary/aromatic N) is 2. The van der Waals surface area contributed by atoms with E-state index in [2.05, 4.69) is 4.98 Å². The maximum atomic E-state index is 11.3. The van der Waals surface area contributed by atoms with Gasteiger partial charge in [-0.05, 0) is 24.5 Å². The first-order valence-electron chi connectivity index (χ1n) is 5.21. The van der Waals surface area contributed by atoms with Crippen molar-refractivity contribution >= 4 is 22.9 Å². The van der Waals surface area contributed by atoms with Gasteiger partial charge in [0.05, 0.1) is 4.92 Å². The van der Waals surface area contributed by atoms with E-state index < -0.39 is 4.92 Å². The summed E-state index contributed by atoms with van der Waals surface area (Å²) in [4.78, 5) is 25.2. The molecular weight excluding hydrogens is 222 g/mol. The highest BCUT2D eigenvalue weighted by atomic mass is 16.6. The number of carbonyl (C=O) groups is 1. The number of hydrogen-bond acceptors (Lipinski definition) is 5. The molecule has 1 aromatic heterocycles. The van der Waals surface area contributed by atoms with Crippen molar-refractivity contribution in [3.63, 3.8) is 0 Å². The van der Waals surface area contributed by atoms with E-state index >= 15 is 0 Å². The minimum atomic E-state index is -0.527. The van der Waals surface area contributed by atoms with Gasteiger partial charge < -0.3 is 5.73 Å². The van der Waals surface area contributed by atoms with Crippen LogP contribution in [0.15, 0.2) is 18.3 Å². The standard InChI is InChI=1S/C11H11N3O3/c12-11-10(5-8(6-13-11)14(16)17)7-2-1-3-9(15)4-7/h4-6H,1-3H2,(H2,12,13). The summed E-state index contributed by atoms with van der Waals surface area (Å²) in [5.74, 6) is 0.244. The number of hydrogen-bond donors (Lipinski definition) is 1. The van der Waals surface area contributed by atoms with Crippen LogP contribution in [0.3, 0.4) is 0 Å². The second-order valence-electron chi connectivity index (χ2n) is 3.87. The number of nitrogens with two attached hydrogens (primary N) is 1. The number of anilines is 1. The predicted molar refractivity (Wildman–Crippen MR) is 62.1 cm³/mol. The summed E-state index contributed by atoms with van der Waals surface area (Å²) in [6.45, 7) is 0. The number of aromatic nitrogens is 1. The van der Waals surface area contributed by atoms with Gasteiger partial charge in [0.1, 0.15) is 12.0 Å². The molecule has 6 nitrogen and oxygen atoms in total. The molecule has 0 spiro atoms. The van der Waals surface area contributed by atoms with Gasteiger partial charge >= 0.3 is 0 Å². The van der Waals surface area contributed by atoms with Crippen molar-refractivity contribution in [2.45, 2.75) is 19.3 Å². The average Bonchev–Trinajstić information content (AvgIpc) is 2.29. The number of nitro groups is 1. The molecule has 6 heteroatoms. The second-order valence-corrected chi connectivity index (χ2v) is 3.87. The molecule has 17 heavy (non-hydrogen) atoms. The minimum absolute atomic E-state index is 0.0251. The number of rotatable bonds is 2. The lowest BCUT2D eigenvalue weighted by Gasteiger charge is -2.13. The molecule has 88 valence electrons. The Kier molecular flexibility index (Phi) is 2.86. The third kappa shape index (κ3) is 2.30. The Bertz CT molecular complexity index is 523. The van der Waals surface area contributed by atoms with E-state index in [1.54, 1.807) is 0 Å². The van der Waals surface area contributed by atoms with E-state index in [0.717, 1.165) is 18.2 Å². The van der Waals surface area contributed by atoms with Gasteiger partial charge in [-0.25, -0.2) is 4.98 Å². The zero-order chi connectivity index (χ0) is 12.4. The quantitative estimate of drug-likeness (QED) is 0.619. The van der Waals surface area contributed by atoms with Crippen LogP contribution in [-0.4, -0.2) is 15.7 Å². The van der Waals surface area contributed by atoms with Gasteiger partial charge in [0, 0.05) is 18.1 Å². The first kappa shape index (κ1) is 11.3. The van der Waals surface area contributed by atoms with Crippen LogP contribution in [-0.2, 0) is 4.79 Å². The van der Waals surface area contributed by atoms with Gasteiger partial charge in [0.2, 0.25) is 0 Å². The molecule has 0 saturated carbocycles. The third-order valence-electron chi connectivity index (χ3n) is 2.67. The molecule has 1 aliphatic carbocycles. The Morgan fingerprint density at radius 2 is 2.18 bits per heavy atom. The molecule has 1 aliphatic rings. The van der Waals surface area contributed by atoms with E-state index in [-0.39, 0.29) is 17.3 Å². The molecule has 0 fully saturated rings. The van der Waals surface area contributed by atoms with Gasteiger partial charge in [-0.1, -0.05) is 0 Å². The highest BCUT2D eigenvalue weighted by Crippen LogP contribution is 2.30. The summed E-state index contributed by atoms with van der Waals surface area (Å²) >= 11 is 0. The second kappa shape index (κ2) is 4.32. The number of pyridine rings is 1. The molecule has 0 bridgehead atoms. The number of nitrogen functional groups attached to an aromatic ring is 1. The van der Waals surface area contributed by atoms with Crippen LogP contribution in [0.4, 0.5) is 11.5 Å². The monoisotopic (exact) mass is 233 g/mol. The SMILES string of the molecule is Nc1ncc([N+](=O)[O-])cc1C1=CC(=O)CCC1. The Balaban J connectivity index is 2.47. The molecule has 2 N–H and O–H groups in total. The van der Waals surface area contributed by atoms with Crippen molar-refractivity contribution < 1.29 is 9.72 Å². The van der Waals surface area contributed by atoms with Crippen LogP contribution in [0.5, 0.6) is 0 Å². The highest BCUT2D eigenvalue weighted by molar-refractivity contribution is 5.99. The normalized spacial score (nSPS) is 15.5. The summed E-state index contributed by atoms with van der Waals surface area (Å²) in [7, 11) is 0. The number of allylic oxidation sites excluding steroid dienone is 2. The fourth-order valence-electron chi connectivity index (χ4n) is 1.83. The van der Waals surface area contributed by atoms with Crippen LogP contribution in [0, 0.1) is 10.1 Å². The van der Waals surface area contributed by atoms with Crippen molar-refractivity contribution in [3.8, 4) is 0 Å². The van der Waals surface area contributed by atoms with Crippen LogP contribution < -0.4 is 5.73 Å². The predicted octanol–water partition coefficient (Wildman–Crippen LogP) is 1.71. The summed E-state index contributed by atoms with van der Waals surface area (Å²) in [6, 6.07) is 1.37. The average molecular weight is 233 g/mol. The fourth-order valence-corrected chi connectivity index (χ4v) is 1.83. The van der Waals surface area contributed by atoms with E-state index in [4.69, 9.17) is 5.73 Å². The zero-order valence-electron chi connectivity index (χ0n) is 9.05. The summed E-state index contributed by atoms with van der Waals surface area (Å²) in [6.07, 6.45) is 4.57. The van der Waals surface area contributed by atoms with E-state index in [1.165, 1.54) is 12.1 Å². The Hall–Kier alpha value is -2.24. The first-order chi connectivity index (χ1) is 8.08. The maximum absolute atomic E-state index is 11.3. The maximum Gasteiger partial charge on any atom is 0.288 e. The van der Waals surface area contributed by atoms with Crippen molar-refractivity contribution in [3.05, 3.63) is 34.0 Å². The number of carbonyl (C=O) groups excluding carboxylic acids is 1. The minimum Gasteiger partial charge on any atom is -0.383 e. The van der Waals surface area contributed by atoms with Crippen LogP contribution in [0.2, 0.25) is 0 Å². The molecule has 0 amide bonds. The lowest BCUT2D eigenvalue weighted by molar-refractivity contribution is -0.385. The van der Waals surface area contributed by atoms with Crippen LogP contribution in [0.25, 0.3) is 5.57 Å². The molecule has 0 radical (unpaired) electrons. The molecule has 1 aromatic rings. The van der Waals surface area contributed by atoms with Gasteiger partial charge in [0.25, 0.3) is 5.69 Å². The van der Waals surface area contributed by atoms with Crippen molar-refractivity contribution in [2.75, 3.05) is 5.73 Å². The number of ketones is 1. The summed E-state index contributed by atoms with van der Waals surface area (Å²) in [5.41, 5.74) is 6.79. The molecule has 0 unspecified atom stereocenters. The highest BCUT2D eigenvalue weighted by Gasteiger charge is 2.17. The van der Waals surface area contributed by atoms with Gasteiger partial charge in [-0.15, -0.1) is 0 Å². The molecule has 0 saturated heterocycles. The lowest BCUT2D eigenvalue weighted by atomic mass is 9.93. The smallest absolute Gasteiger partial charge is 0.288 e. The van der Waals surface area contributed by atoms with Crippen LogP contribution >= 0.6 is 0 Å². The topological polar surface area (TPSA) is 99.1 Å². The zero-order valence-corrected chi connectivity index (χ0v) is 9.05. The molecular formula is C11H11N3O3. The molecule has 0 aromatic carbocycles. The first-order valence-corrected chi connectivity index (χ1v) is 5.21. The Morgan fingerprint density at radius 1 is 1.41 bits per heavy atom. The Morgan fingerprint density at radius 3 is 2.82 bits per heavy atom. The molecule has 2 rings (SSSR count). The van der Waals surface area contributed by atoms with Gasteiger partial charge in [-0.3, -0.25) is 14.9 Å². The summed E-state index contributed by atoms with van der Waals surface area (Å²) < 4.78 is 0. The molecule has 1 heterocycles. The van der Waals surface area contributed by atoms with Crippen molar-refractivity contribution in [1.29, 1.82) is 0 Å². The van der Waals surface area contributed by atoms with Gasteiger partial charge in [-0.2, -0.15) is 0 Å². The van der Waals surface area contributed by atoms with Crippen LogP contribution in [0.1, 0.15) is 24.8 Å². The fraction of sp³-hybridized carbons (Fsp3) is 0.273.